The van der Waals surface area contributed by atoms with Crippen molar-refractivity contribution in [3.8, 4) is 0 Å². The van der Waals surface area contributed by atoms with E-state index in [2.05, 4.69) is 0 Å². The first-order chi connectivity index (χ1) is 5.49. The normalized spacial score (nSPS) is 19.3. The van der Waals surface area contributed by atoms with Gasteiger partial charge in [0.25, 0.3) is 0 Å². The summed E-state index contributed by atoms with van der Waals surface area (Å²) in [4.78, 5) is 10.2. The van der Waals surface area contributed by atoms with Gasteiger partial charge in [-0.25, -0.2) is 0 Å². The van der Waals surface area contributed by atoms with Crippen LogP contribution in [-0.4, -0.2) is 16.9 Å². The topological polar surface area (TPSA) is 55.8 Å². The zero-order valence-corrected chi connectivity index (χ0v) is 7.16. The van der Waals surface area contributed by atoms with Gasteiger partial charge in [-0.2, -0.15) is 0 Å². The van der Waals surface area contributed by atoms with Crippen LogP contribution < -0.4 is 0 Å². The Bertz CT molecular complexity index is 217. The summed E-state index contributed by atoms with van der Waals surface area (Å²) >= 11 is 0. The van der Waals surface area contributed by atoms with Crippen LogP contribution in [0.15, 0.2) is 12.0 Å². The average molecular weight is 172 g/mol. The monoisotopic (exact) mass is 172 g/mol. The average Bonchev–Trinajstić information content (AvgIpc) is 2.26. The zero-order valence-electron chi connectivity index (χ0n) is 7.16. The third kappa shape index (κ3) is 2.45. The maximum atomic E-state index is 10.2. The fourth-order valence-electron chi connectivity index (χ4n) is 0.912. The molecule has 0 aromatic heterocycles. The summed E-state index contributed by atoms with van der Waals surface area (Å²) in [6.45, 7) is 3.55. The van der Waals surface area contributed by atoms with E-state index in [-0.39, 0.29) is 6.42 Å². The summed E-state index contributed by atoms with van der Waals surface area (Å²) in [6, 6.07) is 0. The molecule has 1 N–H and O–H groups in total. The van der Waals surface area contributed by atoms with E-state index in [9.17, 15) is 4.79 Å². The van der Waals surface area contributed by atoms with Gasteiger partial charge in [0.1, 0.15) is 12.0 Å². The van der Waals surface area contributed by atoms with Gasteiger partial charge in [-0.15, -0.1) is 0 Å². The molecule has 0 aromatic rings. The minimum Gasteiger partial charge on any atom is -0.481 e. The number of allylic oxidation sites excluding steroid dienone is 1. The molecule has 0 bridgehead atoms. The first kappa shape index (κ1) is 8.90. The Hall–Kier alpha value is -1.19. The van der Waals surface area contributed by atoms with E-state index in [1.54, 1.807) is 13.8 Å². The Balaban J connectivity index is 2.33. The van der Waals surface area contributed by atoms with Gasteiger partial charge in [-0.3, -0.25) is 4.79 Å². The second-order valence-electron chi connectivity index (χ2n) is 3.10. The number of carboxylic acids is 1. The van der Waals surface area contributed by atoms with Crippen LogP contribution in [0, 0.1) is 0 Å². The molecule has 68 valence electrons. The molecule has 0 spiro atoms. The van der Waals surface area contributed by atoms with E-state index >= 15 is 0 Å². The summed E-state index contributed by atoms with van der Waals surface area (Å²) < 4.78 is 10.4. The van der Waals surface area contributed by atoms with Crippen molar-refractivity contribution in [1.29, 1.82) is 0 Å². The third-order valence-electron chi connectivity index (χ3n) is 1.44. The van der Waals surface area contributed by atoms with E-state index in [0.29, 0.717) is 12.2 Å². The second-order valence-corrected chi connectivity index (χ2v) is 3.10. The van der Waals surface area contributed by atoms with Gasteiger partial charge in [-0.1, -0.05) is 0 Å². The van der Waals surface area contributed by atoms with Crippen LogP contribution in [0.4, 0.5) is 0 Å². The smallest absolute Gasteiger partial charge is 0.303 e. The lowest BCUT2D eigenvalue weighted by Gasteiger charge is -2.17. The predicted octanol–water partition coefficient (Wildman–Crippen LogP) is 1.48. The van der Waals surface area contributed by atoms with E-state index < -0.39 is 11.8 Å². The van der Waals surface area contributed by atoms with Gasteiger partial charge in [0.2, 0.25) is 5.79 Å². The molecule has 0 radical (unpaired) electrons. The van der Waals surface area contributed by atoms with Crippen molar-refractivity contribution in [3.05, 3.63) is 12.0 Å². The van der Waals surface area contributed by atoms with Crippen molar-refractivity contribution in [2.24, 2.45) is 0 Å². The van der Waals surface area contributed by atoms with Gasteiger partial charge < -0.3 is 14.6 Å². The maximum Gasteiger partial charge on any atom is 0.303 e. The Morgan fingerprint density at radius 3 is 2.75 bits per heavy atom. The van der Waals surface area contributed by atoms with Crippen molar-refractivity contribution in [1.82, 2.24) is 0 Å². The highest BCUT2D eigenvalue weighted by Gasteiger charge is 2.27. The first-order valence-corrected chi connectivity index (χ1v) is 3.77. The Morgan fingerprint density at radius 2 is 2.33 bits per heavy atom. The Morgan fingerprint density at radius 1 is 1.67 bits per heavy atom. The van der Waals surface area contributed by atoms with Crippen molar-refractivity contribution >= 4 is 5.97 Å². The van der Waals surface area contributed by atoms with E-state index in [1.807, 2.05) is 0 Å². The van der Waals surface area contributed by atoms with Crippen molar-refractivity contribution < 1.29 is 19.4 Å². The third-order valence-corrected chi connectivity index (χ3v) is 1.44. The lowest BCUT2D eigenvalue weighted by Crippen LogP contribution is -2.20. The van der Waals surface area contributed by atoms with Gasteiger partial charge in [0.15, 0.2) is 0 Å². The van der Waals surface area contributed by atoms with E-state index in [4.69, 9.17) is 14.6 Å². The molecular formula is C8H12O4. The highest BCUT2D eigenvalue weighted by molar-refractivity contribution is 5.66. The number of carbonyl (C=O) groups is 1. The van der Waals surface area contributed by atoms with Crippen LogP contribution in [0.3, 0.4) is 0 Å². The summed E-state index contributed by atoms with van der Waals surface area (Å²) in [5.41, 5.74) is 0. The van der Waals surface area contributed by atoms with Crippen molar-refractivity contribution in [2.75, 3.05) is 0 Å². The summed E-state index contributed by atoms with van der Waals surface area (Å²) in [6.07, 6.45) is 1.94. The van der Waals surface area contributed by atoms with Gasteiger partial charge in [0, 0.05) is 20.3 Å². The van der Waals surface area contributed by atoms with Crippen molar-refractivity contribution in [2.45, 2.75) is 32.5 Å². The predicted molar refractivity (Wildman–Crippen MR) is 41.2 cm³/mol. The van der Waals surface area contributed by atoms with Gasteiger partial charge in [0.05, 0.1) is 6.42 Å². The van der Waals surface area contributed by atoms with E-state index in [1.165, 1.54) is 6.26 Å². The molecular weight excluding hydrogens is 160 g/mol. The first-order valence-electron chi connectivity index (χ1n) is 3.77. The molecule has 4 heteroatoms. The molecule has 0 saturated carbocycles. The Labute approximate surface area is 70.8 Å². The SMILES string of the molecule is CC1(C)OC=C(CCC(=O)O)O1. The lowest BCUT2D eigenvalue weighted by atomic mass is 10.3. The molecule has 0 amide bonds. The molecule has 1 aliphatic heterocycles. The number of hydrogen-bond acceptors (Lipinski definition) is 3. The summed E-state index contributed by atoms with van der Waals surface area (Å²) in [7, 11) is 0. The number of carboxylic acid groups (broad SMARTS) is 1. The minimum atomic E-state index is -0.829. The lowest BCUT2D eigenvalue weighted by molar-refractivity contribution is -0.138. The molecule has 0 saturated heterocycles. The van der Waals surface area contributed by atoms with E-state index in [0.717, 1.165) is 0 Å². The second kappa shape index (κ2) is 3.05. The number of ether oxygens (including phenoxy) is 2. The zero-order chi connectivity index (χ0) is 9.19. The Kier molecular flexibility index (Phi) is 2.26. The van der Waals surface area contributed by atoms with Crippen LogP contribution in [0.25, 0.3) is 0 Å². The molecule has 1 heterocycles. The minimum absolute atomic E-state index is 0.0747. The molecule has 0 aromatic carbocycles. The summed E-state index contributed by atoms with van der Waals surface area (Å²) in [5, 5.41) is 8.38. The van der Waals surface area contributed by atoms with Crippen LogP contribution in [-0.2, 0) is 14.3 Å². The molecule has 0 unspecified atom stereocenters. The largest absolute Gasteiger partial charge is 0.481 e. The molecule has 0 aliphatic carbocycles. The molecule has 0 fully saturated rings. The molecule has 1 aliphatic rings. The summed E-state index contributed by atoms with van der Waals surface area (Å²) in [5.74, 6) is -0.861. The highest BCUT2D eigenvalue weighted by atomic mass is 16.7. The molecule has 12 heavy (non-hydrogen) atoms. The highest BCUT2D eigenvalue weighted by Crippen LogP contribution is 2.26. The fraction of sp³-hybridized carbons (Fsp3) is 0.625. The number of aliphatic carboxylic acids is 1. The van der Waals surface area contributed by atoms with Crippen LogP contribution >= 0.6 is 0 Å². The van der Waals surface area contributed by atoms with Crippen molar-refractivity contribution in [3.63, 3.8) is 0 Å². The standard InChI is InChI=1S/C8H12O4/c1-8(2)11-5-6(12-8)3-4-7(9)10/h5H,3-4H2,1-2H3,(H,9,10). The number of hydrogen-bond donors (Lipinski definition) is 1. The molecule has 0 atom stereocenters. The maximum absolute atomic E-state index is 10.2. The molecule has 1 rings (SSSR count). The van der Waals surface area contributed by atoms with Crippen LogP contribution in [0.2, 0.25) is 0 Å². The fourth-order valence-corrected chi connectivity index (χ4v) is 0.912. The quantitative estimate of drug-likeness (QED) is 0.700. The van der Waals surface area contributed by atoms with Gasteiger partial charge in [-0.05, 0) is 0 Å². The van der Waals surface area contributed by atoms with Crippen LogP contribution in [0.5, 0.6) is 0 Å². The van der Waals surface area contributed by atoms with Crippen LogP contribution in [0.1, 0.15) is 26.7 Å². The number of rotatable bonds is 3. The van der Waals surface area contributed by atoms with Gasteiger partial charge >= 0.3 is 5.97 Å². The molecule has 4 nitrogen and oxygen atoms in total.